The summed E-state index contributed by atoms with van der Waals surface area (Å²) in [7, 11) is -4.02. The van der Waals surface area contributed by atoms with Crippen molar-refractivity contribution < 1.29 is 22.5 Å². The monoisotopic (exact) mass is 351 g/mol. The number of hydroxylamine groups is 1. The largest absolute Gasteiger partial charge is 0.331 e. The number of aryl methyl sites for hydroxylation is 1. The molecule has 2 aromatic rings. The van der Waals surface area contributed by atoms with Gasteiger partial charge in [0, 0.05) is 6.42 Å². The highest BCUT2D eigenvalue weighted by Crippen LogP contribution is 2.18. The van der Waals surface area contributed by atoms with Crippen molar-refractivity contribution in [3.8, 4) is 0 Å². The fourth-order valence-electron chi connectivity index (χ4n) is 2.15. The van der Waals surface area contributed by atoms with Crippen molar-refractivity contribution in [3.05, 3.63) is 65.7 Å². The number of ether oxygens (including phenoxy) is 1. The van der Waals surface area contributed by atoms with E-state index in [1.807, 2.05) is 32.0 Å². The number of nitrogens with one attached hydrogen (secondary N) is 1. The Hall–Kier alpha value is -1.77. The molecule has 6 nitrogen and oxygen atoms in total. The second-order valence-electron chi connectivity index (χ2n) is 5.69. The van der Waals surface area contributed by atoms with Crippen LogP contribution in [0.25, 0.3) is 0 Å². The van der Waals surface area contributed by atoms with E-state index < -0.39 is 10.1 Å². The van der Waals surface area contributed by atoms with Crippen molar-refractivity contribution in [2.75, 3.05) is 6.79 Å². The van der Waals surface area contributed by atoms with Gasteiger partial charge in [0.1, 0.15) is 5.72 Å². The maximum absolute atomic E-state index is 10.5. The van der Waals surface area contributed by atoms with Crippen LogP contribution in [0.2, 0.25) is 0 Å². The van der Waals surface area contributed by atoms with Crippen LogP contribution < -0.4 is 5.48 Å². The maximum atomic E-state index is 10.5. The van der Waals surface area contributed by atoms with Crippen LogP contribution in [-0.2, 0) is 26.1 Å². The van der Waals surface area contributed by atoms with E-state index in [2.05, 4.69) is 17.6 Å². The first-order chi connectivity index (χ1) is 11.3. The number of benzene rings is 2. The number of rotatable bonds is 3. The van der Waals surface area contributed by atoms with Crippen LogP contribution in [0, 0.1) is 6.92 Å². The van der Waals surface area contributed by atoms with Crippen molar-refractivity contribution >= 4 is 10.1 Å². The first-order valence-corrected chi connectivity index (χ1v) is 8.83. The minimum Gasteiger partial charge on any atom is -0.331 e. The number of hydrogen-bond acceptors (Lipinski definition) is 5. The Kier molecular flexibility index (Phi) is 6.09. The van der Waals surface area contributed by atoms with Gasteiger partial charge >= 0.3 is 0 Å². The first-order valence-electron chi connectivity index (χ1n) is 7.39. The van der Waals surface area contributed by atoms with E-state index in [4.69, 9.17) is 14.1 Å². The summed E-state index contributed by atoms with van der Waals surface area (Å²) in [6.45, 7) is 4.14. The molecule has 0 spiro atoms. The normalized spacial score (nSPS) is 20.3. The minimum atomic E-state index is -4.02. The predicted molar refractivity (Wildman–Crippen MR) is 89.7 cm³/mol. The first kappa shape index (κ1) is 18.6. The van der Waals surface area contributed by atoms with Crippen molar-refractivity contribution in [2.24, 2.45) is 0 Å². The fraction of sp³-hybridized carbons (Fsp3) is 0.294. The van der Waals surface area contributed by atoms with Gasteiger partial charge in [-0.15, -0.1) is 0 Å². The third kappa shape index (κ3) is 5.70. The molecule has 0 aliphatic carbocycles. The molecule has 3 rings (SSSR count). The van der Waals surface area contributed by atoms with Gasteiger partial charge in [-0.05, 0) is 31.5 Å². The van der Waals surface area contributed by atoms with Crippen molar-refractivity contribution in [1.82, 2.24) is 5.48 Å². The molecular formula is C17H21NO5S. The lowest BCUT2D eigenvalue weighted by atomic mass is 10.1. The standard InChI is InChI=1S/C10H13NO2.C7H8O3S/c1-10(11-13-8-12-10)7-9-5-3-2-4-6-9;1-6-2-4-7(5-3-6)11(8,9)10/h2-6,11H,7-8H2,1H3;2-5H,1H3,(H,8,9,10). The zero-order valence-electron chi connectivity index (χ0n) is 13.6. The van der Waals surface area contributed by atoms with Crippen molar-refractivity contribution in [3.63, 3.8) is 0 Å². The number of hydrogen-bond donors (Lipinski definition) is 2. The Morgan fingerprint density at radius 3 is 2.25 bits per heavy atom. The van der Waals surface area contributed by atoms with E-state index in [1.165, 1.54) is 17.7 Å². The summed E-state index contributed by atoms with van der Waals surface area (Å²) in [5.41, 5.74) is 4.68. The van der Waals surface area contributed by atoms with E-state index in [1.54, 1.807) is 12.1 Å². The average Bonchev–Trinajstić information content (AvgIpc) is 2.95. The molecule has 1 saturated heterocycles. The molecule has 0 bridgehead atoms. The van der Waals surface area contributed by atoms with Crippen LogP contribution in [0.4, 0.5) is 0 Å². The van der Waals surface area contributed by atoms with Gasteiger partial charge in [-0.25, -0.2) is 0 Å². The molecule has 0 radical (unpaired) electrons. The third-order valence-electron chi connectivity index (χ3n) is 3.43. The summed E-state index contributed by atoms with van der Waals surface area (Å²) in [4.78, 5) is 4.89. The molecule has 1 atom stereocenters. The summed E-state index contributed by atoms with van der Waals surface area (Å²) in [6.07, 6.45) is 0.813. The Labute approximate surface area is 142 Å². The van der Waals surface area contributed by atoms with Crippen LogP contribution in [0.1, 0.15) is 18.1 Å². The molecule has 0 saturated carbocycles. The molecule has 24 heavy (non-hydrogen) atoms. The van der Waals surface area contributed by atoms with Gasteiger partial charge in [0.25, 0.3) is 10.1 Å². The van der Waals surface area contributed by atoms with Gasteiger partial charge in [-0.1, -0.05) is 48.0 Å². The van der Waals surface area contributed by atoms with Gasteiger partial charge in [-0.3, -0.25) is 9.39 Å². The minimum absolute atomic E-state index is 0.0666. The van der Waals surface area contributed by atoms with E-state index in [-0.39, 0.29) is 10.6 Å². The molecule has 0 aromatic heterocycles. The molecule has 130 valence electrons. The fourth-order valence-corrected chi connectivity index (χ4v) is 2.63. The quantitative estimate of drug-likeness (QED) is 0.827. The van der Waals surface area contributed by atoms with Crippen LogP contribution in [0.15, 0.2) is 59.5 Å². The van der Waals surface area contributed by atoms with E-state index in [0.29, 0.717) is 6.79 Å². The van der Waals surface area contributed by atoms with Gasteiger partial charge in [0.2, 0.25) is 0 Å². The second-order valence-corrected chi connectivity index (χ2v) is 7.11. The van der Waals surface area contributed by atoms with Gasteiger partial charge < -0.3 is 4.74 Å². The zero-order valence-corrected chi connectivity index (χ0v) is 14.4. The van der Waals surface area contributed by atoms with Crippen LogP contribution >= 0.6 is 0 Å². The maximum Gasteiger partial charge on any atom is 0.294 e. The smallest absolute Gasteiger partial charge is 0.294 e. The Morgan fingerprint density at radius 2 is 1.75 bits per heavy atom. The highest BCUT2D eigenvalue weighted by Gasteiger charge is 2.30. The Morgan fingerprint density at radius 1 is 1.12 bits per heavy atom. The summed E-state index contributed by atoms with van der Waals surface area (Å²) in [5.74, 6) is 0. The van der Waals surface area contributed by atoms with Gasteiger partial charge in [-0.2, -0.15) is 13.9 Å². The molecule has 1 aliphatic rings. The molecule has 7 heteroatoms. The molecular weight excluding hydrogens is 330 g/mol. The Bertz CT molecular complexity index is 738. The van der Waals surface area contributed by atoms with Crippen molar-refractivity contribution in [2.45, 2.75) is 30.9 Å². The van der Waals surface area contributed by atoms with E-state index in [9.17, 15) is 8.42 Å². The molecule has 2 N–H and O–H groups in total. The predicted octanol–water partition coefficient (Wildman–Crippen LogP) is 2.70. The summed E-state index contributed by atoms with van der Waals surface area (Å²) < 4.78 is 35.0. The molecule has 1 aliphatic heterocycles. The lowest BCUT2D eigenvalue weighted by molar-refractivity contribution is 0.00111. The highest BCUT2D eigenvalue weighted by molar-refractivity contribution is 7.85. The topological polar surface area (TPSA) is 84.9 Å². The SMILES string of the molecule is CC1(Cc2ccccc2)NOCO1.Cc1ccc(S(=O)(=O)O)cc1. The lowest BCUT2D eigenvalue weighted by Crippen LogP contribution is -2.39. The molecule has 0 amide bonds. The average molecular weight is 351 g/mol. The van der Waals surface area contributed by atoms with Crippen LogP contribution in [0.5, 0.6) is 0 Å². The second kappa shape index (κ2) is 7.87. The molecule has 2 aromatic carbocycles. The summed E-state index contributed by atoms with van der Waals surface area (Å²) >= 11 is 0. The Balaban J connectivity index is 0.000000177. The lowest BCUT2D eigenvalue weighted by Gasteiger charge is -2.20. The third-order valence-corrected chi connectivity index (χ3v) is 4.30. The van der Waals surface area contributed by atoms with Gasteiger partial charge in [0.15, 0.2) is 6.79 Å². The molecule has 1 heterocycles. The summed E-state index contributed by atoms with van der Waals surface area (Å²) in [5, 5.41) is 0. The van der Waals surface area contributed by atoms with E-state index >= 15 is 0 Å². The zero-order chi connectivity index (χ0) is 17.6. The van der Waals surface area contributed by atoms with Crippen LogP contribution in [0.3, 0.4) is 0 Å². The van der Waals surface area contributed by atoms with Gasteiger partial charge in [0.05, 0.1) is 4.90 Å². The van der Waals surface area contributed by atoms with Crippen molar-refractivity contribution in [1.29, 1.82) is 0 Å². The summed E-state index contributed by atoms with van der Waals surface area (Å²) in [6, 6.07) is 16.2. The highest BCUT2D eigenvalue weighted by atomic mass is 32.2. The van der Waals surface area contributed by atoms with E-state index in [0.717, 1.165) is 12.0 Å². The molecule has 1 fully saturated rings. The van der Waals surface area contributed by atoms with Crippen LogP contribution in [-0.4, -0.2) is 25.5 Å². The molecule has 1 unspecified atom stereocenters.